The van der Waals surface area contributed by atoms with Gasteiger partial charge in [0.1, 0.15) is 24.3 Å². The first kappa shape index (κ1) is 45.5. The Balaban J connectivity index is 0.736. The van der Waals surface area contributed by atoms with Crippen LogP contribution in [0.4, 0.5) is 11.5 Å². The number of fused-ring (bicyclic) bond motifs is 3. The van der Waals surface area contributed by atoms with E-state index in [2.05, 4.69) is 58.8 Å². The highest BCUT2D eigenvalue weighted by molar-refractivity contribution is 7.13. The number of nitrogens with zero attached hydrogens (tertiary/aromatic N) is 8. The maximum absolute atomic E-state index is 14.2. The number of para-hydroxylation sites is 1. The number of phenolic OH excluding ortho intramolecular Hbond substituents is 1. The van der Waals surface area contributed by atoms with Crippen molar-refractivity contribution < 1.29 is 29.1 Å². The number of aromatic nitrogens is 4. The number of benzene rings is 2. The molecule has 17 heteroatoms. The first-order valence-electron chi connectivity index (χ1n) is 23.4. The Hall–Kier alpha value is -5.62. The van der Waals surface area contributed by atoms with Gasteiger partial charge in [-0.25, -0.2) is 4.98 Å². The van der Waals surface area contributed by atoms with Crippen molar-refractivity contribution in [3.63, 3.8) is 0 Å². The van der Waals surface area contributed by atoms with Crippen LogP contribution in [0.15, 0.2) is 70.7 Å². The van der Waals surface area contributed by atoms with Crippen molar-refractivity contribution in [1.82, 2.24) is 40.4 Å². The molecule has 3 aliphatic heterocycles. The van der Waals surface area contributed by atoms with Crippen LogP contribution in [0.1, 0.15) is 81.9 Å². The largest absolute Gasteiger partial charge is 0.507 e. The highest BCUT2D eigenvalue weighted by Gasteiger charge is 2.44. The number of amides is 2. The Labute approximate surface area is 390 Å². The number of likely N-dealkylation sites (tertiary alicyclic amines) is 1. The summed E-state index contributed by atoms with van der Waals surface area (Å²) in [4.78, 5) is 42.5. The topological polar surface area (TPSA) is 186 Å². The molecule has 4 aliphatic rings. The summed E-state index contributed by atoms with van der Waals surface area (Å²) in [6, 6.07) is 19.3. The molecule has 9 rings (SSSR count). The Morgan fingerprint density at radius 2 is 1.80 bits per heavy atom. The normalized spacial score (nSPS) is 23.0. The van der Waals surface area contributed by atoms with E-state index in [4.69, 9.17) is 9.26 Å². The van der Waals surface area contributed by atoms with Crippen LogP contribution in [0.25, 0.3) is 21.7 Å². The fourth-order valence-corrected chi connectivity index (χ4v) is 11.2. The summed E-state index contributed by atoms with van der Waals surface area (Å²) in [7, 11) is 2.16. The number of aliphatic hydroxyl groups excluding tert-OH is 1. The summed E-state index contributed by atoms with van der Waals surface area (Å²) in [5.41, 5.74) is 7.23. The average molecular weight is 919 g/mol. The van der Waals surface area contributed by atoms with Gasteiger partial charge in [-0.1, -0.05) is 50.2 Å². The third kappa shape index (κ3) is 9.62. The Morgan fingerprint density at radius 1 is 1.02 bits per heavy atom. The molecule has 3 aromatic heterocycles. The van der Waals surface area contributed by atoms with Gasteiger partial charge in [0.05, 0.1) is 45.7 Å². The number of β-amino-alcohol motifs (C(OH)–C–C–N with tert-alkyl or cyclic N) is 1. The molecular formula is C49H62N10O6S. The van der Waals surface area contributed by atoms with Gasteiger partial charge in [-0.15, -0.1) is 21.5 Å². The highest BCUT2D eigenvalue weighted by atomic mass is 32.1. The maximum Gasteiger partial charge on any atom is 0.254 e. The number of carbonyl (C=O) groups excluding carboxylic acids is 2. The zero-order valence-corrected chi connectivity index (χ0v) is 39.3. The van der Waals surface area contributed by atoms with E-state index in [0.29, 0.717) is 47.6 Å². The summed E-state index contributed by atoms with van der Waals surface area (Å²) in [5, 5.41) is 40.8. The molecule has 3 fully saturated rings. The van der Waals surface area contributed by atoms with E-state index < -0.39 is 18.1 Å². The van der Waals surface area contributed by atoms with E-state index in [1.54, 1.807) is 23.5 Å². The summed E-state index contributed by atoms with van der Waals surface area (Å²) < 4.78 is 11.8. The lowest BCUT2D eigenvalue weighted by atomic mass is 9.88. The molecule has 0 radical (unpaired) electrons. The number of likely N-dealkylation sites (N-methyl/N-ethyl adjacent to an activating group) is 1. The lowest BCUT2D eigenvalue weighted by Crippen LogP contribution is -2.60. The van der Waals surface area contributed by atoms with Crippen molar-refractivity contribution in [3.8, 4) is 33.3 Å². The van der Waals surface area contributed by atoms with Gasteiger partial charge in [-0.05, 0) is 87.0 Å². The number of aliphatic hydroxyl groups is 1. The quantitative estimate of drug-likeness (QED) is 0.100. The second-order valence-corrected chi connectivity index (χ2v) is 19.7. The smallest absolute Gasteiger partial charge is 0.254 e. The molecular weight excluding hydrogens is 857 g/mol. The Kier molecular flexibility index (Phi) is 13.6. The molecule has 16 nitrogen and oxygen atoms in total. The molecule has 0 spiro atoms. The molecule has 66 heavy (non-hydrogen) atoms. The number of hydrogen-bond acceptors (Lipinski definition) is 15. The van der Waals surface area contributed by atoms with Gasteiger partial charge in [0.2, 0.25) is 11.8 Å². The third-order valence-corrected chi connectivity index (χ3v) is 15.1. The minimum Gasteiger partial charge on any atom is -0.507 e. The number of aryl methyl sites for hydroxylation is 1. The second-order valence-electron chi connectivity index (χ2n) is 18.8. The van der Waals surface area contributed by atoms with Crippen LogP contribution >= 0.6 is 11.3 Å². The van der Waals surface area contributed by atoms with Gasteiger partial charge >= 0.3 is 0 Å². The molecule has 2 amide bonds. The van der Waals surface area contributed by atoms with Crippen molar-refractivity contribution >= 4 is 34.7 Å². The van der Waals surface area contributed by atoms with E-state index in [0.717, 1.165) is 91.6 Å². The number of hydrogen-bond donors (Lipinski definition) is 4. The number of carbonyl (C=O) groups is 2. The lowest BCUT2D eigenvalue weighted by Gasteiger charge is -2.49. The van der Waals surface area contributed by atoms with Gasteiger partial charge in [-0.2, -0.15) is 0 Å². The number of ether oxygens (including phenoxy) is 1. The van der Waals surface area contributed by atoms with Gasteiger partial charge in [0, 0.05) is 69.4 Å². The number of aromatic hydroxyl groups is 1. The molecule has 5 atom stereocenters. The zero-order chi connectivity index (χ0) is 46.1. The van der Waals surface area contributed by atoms with Gasteiger partial charge in [-0.3, -0.25) is 14.5 Å². The SMILES string of the molecule is Cc1ncsc1-c1ccc(C(C)NC(=O)[C@@H]2C[C@@H](O)CN2C(=O)C(c2cc(OCCN(C)C3CCC(N4CCN5c6cc(-c7ccccc7O)nnc6NC[C@H]5C4)CC3)no2)C(C)C)cc1. The molecule has 2 saturated heterocycles. The van der Waals surface area contributed by atoms with E-state index in [1.165, 1.54) is 4.90 Å². The van der Waals surface area contributed by atoms with E-state index in [9.17, 15) is 19.8 Å². The molecule has 4 N–H and O–H groups in total. The summed E-state index contributed by atoms with van der Waals surface area (Å²) in [5.74, 6) is 0.232. The van der Waals surface area contributed by atoms with Crippen LogP contribution in [0, 0.1) is 12.8 Å². The number of phenols is 1. The molecule has 1 aliphatic carbocycles. The van der Waals surface area contributed by atoms with Crippen molar-refractivity contribution in [3.05, 3.63) is 83.2 Å². The molecule has 6 heterocycles. The number of anilines is 2. The van der Waals surface area contributed by atoms with Crippen molar-refractivity contribution in [2.24, 2.45) is 5.92 Å². The van der Waals surface area contributed by atoms with Crippen LogP contribution in [-0.2, 0) is 9.59 Å². The summed E-state index contributed by atoms with van der Waals surface area (Å²) in [6.07, 6.45) is 3.85. The van der Waals surface area contributed by atoms with E-state index in [-0.39, 0.29) is 42.5 Å². The molecule has 1 saturated carbocycles. The summed E-state index contributed by atoms with van der Waals surface area (Å²) >= 11 is 1.59. The summed E-state index contributed by atoms with van der Waals surface area (Å²) in [6.45, 7) is 12.7. The predicted octanol–water partition coefficient (Wildman–Crippen LogP) is 6.09. The fraction of sp³-hybridized carbons (Fsp3) is 0.510. The zero-order valence-electron chi connectivity index (χ0n) is 38.5. The number of nitrogens with one attached hydrogen (secondary N) is 2. The molecule has 2 aromatic carbocycles. The molecule has 0 bridgehead atoms. The highest BCUT2D eigenvalue weighted by Crippen LogP contribution is 2.38. The lowest BCUT2D eigenvalue weighted by molar-refractivity contribution is -0.141. The van der Waals surface area contributed by atoms with Crippen molar-refractivity contribution in [1.29, 1.82) is 0 Å². The average Bonchev–Trinajstić information content (AvgIpc) is 4.08. The number of thiazole rings is 1. The minimum absolute atomic E-state index is 0.0619. The van der Waals surface area contributed by atoms with Crippen LogP contribution < -0.4 is 20.3 Å². The predicted molar refractivity (Wildman–Crippen MR) is 254 cm³/mol. The minimum atomic E-state index is -0.820. The van der Waals surface area contributed by atoms with Gasteiger partial charge in [0.25, 0.3) is 5.88 Å². The standard InChI is InChI=1S/C49H62N10O6S/c1-29(2)45(49(63)59-27-37(60)22-41(59)48(62)52-30(3)32-10-12-33(13-11-32)46-31(4)51-28-66-46)43-24-44(55-65-43)64-21-20-56(5)34-14-16-35(17-15-34)57-18-19-58-36(26-57)25-50-47-40(58)23-39(53-54-47)38-8-6-7-9-42(38)61/h6-13,23-24,28-30,34-37,41,45,60-61H,14-22,25-27H2,1-5H3,(H,50,54)(H,52,62)/t30?,34?,35?,36-,37+,41-,45?/m0/s1. The Bertz CT molecular complexity index is 2470. The van der Waals surface area contributed by atoms with Crippen LogP contribution in [-0.4, -0.2) is 140 Å². The Morgan fingerprint density at radius 3 is 2.55 bits per heavy atom. The van der Waals surface area contributed by atoms with Crippen molar-refractivity contribution in [2.45, 2.75) is 102 Å². The van der Waals surface area contributed by atoms with E-state index in [1.807, 2.05) is 75.7 Å². The van der Waals surface area contributed by atoms with Crippen LogP contribution in [0.3, 0.4) is 0 Å². The van der Waals surface area contributed by atoms with Crippen LogP contribution in [0.2, 0.25) is 0 Å². The van der Waals surface area contributed by atoms with Gasteiger partial charge in [0.15, 0.2) is 11.6 Å². The molecule has 350 valence electrons. The maximum atomic E-state index is 14.2. The molecule has 5 aromatic rings. The molecule has 2 unspecified atom stereocenters. The number of piperazine rings is 1. The first-order chi connectivity index (χ1) is 31.9. The third-order valence-electron chi connectivity index (χ3n) is 14.2. The second kappa shape index (κ2) is 19.7. The fourth-order valence-electron chi connectivity index (χ4n) is 10.4. The first-order valence-corrected chi connectivity index (χ1v) is 24.3. The van der Waals surface area contributed by atoms with E-state index >= 15 is 0 Å². The monoisotopic (exact) mass is 918 g/mol. The van der Waals surface area contributed by atoms with Crippen LogP contribution in [0.5, 0.6) is 11.6 Å². The van der Waals surface area contributed by atoms with Gasteiger partial charge < -0.3 is 44.8 Å². The number of rotatable bonds is 14. The van der Waals surface area contributed by atoms with Crippen molar-refractivity contribution in [2.75, 3.05) is 63.1 Å².